The van der Waals surface area contributed by atoms with Crippen LogP contribution in [0.2, 0.25) is 0 Å². The highest BCUT2D eigenvalue weighted by Gasteiger charge is 2.56. The van der Waals surface area contributed by atoms with Gasteiger partial charge in [-0.05, 0) is 23.6 Å². The van der Waals surface area contributed by atoms with E-state index in [0.717, 1.165) is 53.4 Å². The van der Waals surface area contributed by atoms with E-state index in [1.165, 1.54) is 5.56 Å². The third-order valence-electron chi connectivity index (χ3n) is 7.76. The molecule has 3 fully saturated rings. The number of para-hydroxylation sites is 1. The van der Waals surface area contributed by atoms with Gasteiger partial charge in [-0.25, -0.2) is 0 Å². The van der Waals surface area contributed by atoms with Crippen molar-refractivity contribution in [3.05, 3.63) is 78.0 Å². The summed E-state index contributed by atoms with van der Waals surface area (Å²) in [5, 5.41) is 32.9. The van der Waals surface area contributed by atoms with Crippen LogP contribution in [-0.4, -0.2) is 56.6 Å². The van der Waals surface area contributed by atoms with Crippen molar-refractivity contribution in [3.8, 4) is 0 Å². The molecule has 0 radical (unpaired) electrons. The zero-order chi connectivity index (χ0) is 21.4. The molecule has 0 amide bonds. The Morgan fingerprint density at radius 1 is 1.00 bits per heavy atom. The van der Waals surface area contributed by atoms with Gasteiger partial charge in [0.25, 0.3) is 0 Å². The standard InChI is InChI=1S/C26H31N2O3/c29-17-25(30)22-16-28(15-18-6-2-1-3-7-18)13-11-19(22)14-24(28)26(31)21-10-12-27-23-9-5-4-8-20(21)23/h1-10,12,19,22,24-26,29-31H,11,13-17H2/q+1/t19-,22-,24+,25?,26-,28?/m0/s1. The fourth-order valence-corrected chi connectivity index (χ4v) is 6.22. The Balaban J connectivity index is 1.55. The highest BCUT2D eigenvalue weighted by Crippen LogP contribution is 2.48. The van der Waals surface area contributed by atoms with E-state index < -0.39 is 12.2 Å². The van der Waals surface area contributed by atoms with E-state index in [0.29, 0.717) is 5.92 Å². The lowest BCUT2D eigenvalue weighted by Crippen LogP contribution is -2.69. The van der Waals surface area contributed by atoms with Gasteiger partial charge in [0.15, 0.2) is 0 Å². The number of hydrogen-bond acceptors (Lipinski definition) is 4. The normalized spacial score (nSPS) is 29.7. The first-order valence-corrected chi connectivity index (χ1v) is 11.3. The highest BCUT2D eigenvalue weighted by molar-refractivity contribution is 5.82. The van der Waals surface area contributed by atoms with Gasteiger partial charge in [-0.2, -0.15) is 0 Å². The van der Waals surface area contributed by atoms with Gasteiger partial charge in [0.05, 0.1) is 31.3 Å². The Kier molecular flexibility index (Phi) is 5.52. The summed E-state index contributed by atoms with van der Waals surface area (Å²) in [4.78, 5) is 4.47. The van der Waals surface area contributed by atoms with Crippen molar-refractivity contribution in [2.24, 2.45) is 11.8 Å². The molecule has 2 unspecified atom stereocenters. The van der Waals surface area contributed by atoms with Crippen LogP contribution in [0.15, 0.2) is 66.9 Å². The van der Waals surface area contributed by atoms with Crippen LogP contribution in [0.4, 0.5) is 0 Å². The summed E-state index contributed by atoms with van der Waals surface area (Å²) in [6.45, 7) is 2.40. The van der Waals surface area contributed by atoms with Gasteiger partial charge >= 0.3 is 0 Å². The summed E-state index contributed by atoms with van der Waals surface area (Å²) in [5.74, 6) is 0.394. The van der Waals surface area contributed by atoms with Crippen LogP contribution in [0, 0.1) is 11.8 Å². The topological polar surface area (TPSA) is 73.6 Å². The van der Waals surface area contributed by atoms with E-state index in [-0.39, 0.29) is 18.6 Å². The average Bonchev–Trinajstić information content (AvgIpc) is 2.83. The van der Waals surface area contributed by atoms with Gasteiger partial charge in [0.1, 0.15) is 18.7 Å². The molecule has 1 aromatic heterocycles. The fourth-order valence-electron chi connectivity index (χ4n) is 6.22. The third-order valence-corrected chi connectivity index (χ3v) is 7.76. The molecule has 2 bridgehead atoms. The number of aromatic nitrogens is 1. The van der Waals surface area contributed by atoms with Gasteiger partial charge in [-0.3, -0.25) is 4.98 Å². The smallest absolute Gasteiger partial charge is 0.131 e. The molecular formula is C26H31N2O3+. The summed E-state index contributed by atoms with van der Waals surface area (Å²) in [6.07, 6.45) is 2.36. The maximum atomic E-state index is 11.7. The van der Waals surface area contributed by atoms with Crippen molar-refractivity contribution < 1.29 is 19.8 Å². The highest BCUT2D eigenvalue weighted by atomic mass is 16.3. The van der Waals surface area contributed by atoms with Crippen LogP contribution in [0.3, 0.4) is 0 Å². The maximum Gasteiger partial charge on any atom is 0.131 e. The van der Waals surface area contributed by atoms with Crippen LogP contribution < -0.4 is 0 Å². The van der Waals surface area contributed by atoms with Gasteiger partial charge < -0.3 is 19.8 Å². The molecule has 0 aliphatic carbocycles. The lowest BCUT2D eigenvalue weighted by molar-refractivity contribution is -0.986. The molecule has 3 saturated heterocycles. The monoisotopic (exact) mass is 419 g/mol. The summed E-state index contributed by atoms with van der Waals surface area (Å²) in [6, 6.07) is 20.4. The summed E-state index contributed by atoms with van der Waals surface area (Å²) >= 11 is 0. The van der Waals surface area contributed by atoms with Crippen molar-refractivity contribution in [2.75, 3.05) is 19.7 Å². The van der Waals surface area contributed by atoms with E-state index in [1.54, 1.807) is 6.20 Å². The Labute approximate surface area is 183 Å². The SMILES string of the molecule is OCC(O)[C@H]1C[N+]2(Cc3ccccc3)CC[C@H]1C[C@@H]2[C@@H](O)c1ccnc2ccccc12. The van der Waals surface area contributed by atoms with Gasteiger partial charge in [-0.15, -0.1) is 0 Å². The van der Waals surface area contributed by atoms with Crippen molar-refractivity contribution in [1.82, 2.24) is 4.98 Å². The van der Waals surface area contributed by atoms with Crippen molar-refractivity contribution in [2.45, 2.75) is 37.6 Å². The summed E-state index contributed by atoms with van der Waals surface area (Å²) in [5.41, 5.74) is 3.09. The Bertz CT molecular complexity index is 1040. The number of piperidine rings is 3. The number of quaternary nitrogens is 1. The molecule has 6 rings (SSSR count). The Morgan fingerprint density at radius 2 is 1.77 bits per heavy atom. The molecule has 0 spiro atoms. The first-order valence-electron chi connectivity index (χ1n) is 11.3. The van der Waals surface area contributed by atoms with Crippen molar-refractivity contribution >= 4 is 10.9 Å². The number of pyridine rings is 1. The number of aliphatic hydroxyl groups is 3. The first kappa shape index (κ1) is 20.6. The van der Waals surface area contributed by atoms with Crippen molar-refractivity contribution in [1.29, 1.82) is 0 Å². The second kappa shape index (κ2) is 8.32. The molecule has 4 heterocycles. The third kappa shape index (κ3) is 3.66. The fraction of sp³-hybridized carbons (Fsp3) is 0.423. The second-order valence-electron chi connectivity index (χ2n) is 9.40. The van der Waals surface area contributed by atoms with Gasteiger partial charge in [0, 0.05) is 35.9 Å². The van der Waals surface area contributed by atoms with Crippen LogP contribution in [0.25, 0.3) is 10.9 Å². The van der Waals surface area contributed by atoms with Gasteiger partial charge in [-0.1, -0.05) is 48.5 Å². The lowest BCUT2D eigenvalue weighted by Gasteiger charge is -2.59. The molecule has 31 heavy (non-hydrogen) atoms. The lowest BCUT2D eigenvalue weighted by atomic mass is 9.69. The molecule has 5 nitrogen and oxygen atoms in total. The number of fused-ring (bicyclic) bond motifs is 4. The van der Waals surface area contributed by atoms with Crippen LogP contribution in [0.5, 0.6) is 0 Å². The Morgan fingerprint density at radius 3 is 2.58 bits per heavy atom. The molecule has 162 valence electrons. The molecular weight excluding hydrogens is 388 g/mol. The minimum absolute atomic E-state index is 0.0481. The molecule has 3 aliphatic rings. The van der Waals surface area contributed by atoms with Crippen LogP contribution >= 0.6 is 0 Å². The van der Waals surface area contributed by atoms with Crippen LogP contribution in [0.1, 0.15) is 30.1 Å². The first-order chi connectivity index (χ1) is 15.1. The predicted octanol–water partition coefficient (Wildman–Crippen LogP) is 3.05. The number of nitrogens with zero attached hydrogens (tertiary/aromatic N) is 2. The summed E-state index contributed by atoms with van der Waals surface area (Å²) < 4.78 is 0.750. The molecule has 6 atom stereocenters. The van der Waals surface area contributed by atoms with E-state index in [1.807, 2.05) is 36.4 Å². The second-order valence-corrected chi connectivity index (χ2v) is 9.40. The van der Waals surface area contributed by atoms with E-state index in [9.17, 15) is 15.3 Å². The Hall–Kier alpha value is -2.31. The maximum absolute atomic E-state index is 11.7. The van der Waals surface area contributed by atoms with E-state index in [2.05, 4.69) is 29.2 Å². The average molecular weight is 420 g/mol. The zero-order valence-electron chi connectivity index (χ0n) is 17.7. The summed E-state index contributed by atoms with van der Waals surface area (Å²) in [7, 11) is 0. The van der Waals surface area contributed by atoms with E-state index >= 15 is 0 Å². The molecule has 5 heteroatoms. The largest absolute Gasteiger partial charge is 0.394 e. The molecule has 3 N–H and O–H groups in total. The minimum Gasteiger partial charge on any atom is -0.394 e. The molecule has 3 aromatic rings. The predicted molar refractivity (Wildman–Crippen MR) is 120 cm³/mol. The number of rotatable bonds is 6. The number of aliphatic hydroxyl groups excluding tert-OH is 3. The molecule has 3 aliphatic heterocycles. The van der Waals surface area contributed by atoms with E-state index in [4.69, 9.17) is 0 Å². The number of benzene rings is 2. The minimum atomic E-state index is -0.696. The molecule has 2 aromatic carbocycles. The quantitative estimate of drug-likeness (QED) is 0.537. The molecule has 0 saturated carbocycles. The van der Waals surface area contributed by atoms with Crippen molar-refractivity contribution in [3.63, 3.8) is 0 Å². The number of hydrogen-bond donors (Lipinski definition) is 3. The van der Waals surface area contributed by atoms with Gasteiger partial charge in [0.2, 0.25) is 0 Å². The van der Waals surface area contributed by atoms with Crippen LogP contribution in [-0.2, 0) is 6.54 Å². The zero-order valence-corrected chi connectivity index (χ0v) is 17.7.